The summed E-state index contributed by atoms with van der Waals surface area (Å²) in [6.45, 7) is 0. The van der Waals surface area contributed by atoms with Crippen molar-refractivity contribution in [2.75, 3.05) is 0 Å². The Balaban J connectivity index is 2.42. The van der Waals surface area contributed by atoms with Crippen LogP contribution in [0.4, 0.5) is 0 Å². The Kier molecular flexibility index (Phi) is 2.79. The van der Waals surface area contributed by atoms with Crippen LogP contribution in [0.3, 0.4) is 0 Å². The fourth-order valence-electron chi connectivity index (χ4n) is 1.62. The van der Waals surface area contributed by atoms with Gasteiger partial charge in [0.2, 0.25) is 0 Å². The molecular weight excluding hydrogens is 202 g/mol. The van der Waals surface area contributed by atoms with E-state index in [1.54, 1.807) is 18.3 Å². The molecule has 1 aliphatic carbocycles. The molecule has 1 N–H and O–H groups in total. The molecule has 4 nitrogen and oxygen atoms in total. The van der Waals surface area contributed by atoms with E-state index in [4.69, 9.17) is 10.5 Å². The molecule has 0 saturated carbocycles. The Morgan fingerprint density at radius 3 is 2.94 bits per heavy atom. The number of allylic oxidation sites excluding steroid dienone is 4. The Hall–Kier alpha value is -2.41. The van der Waals surface area contributed by atoms with Crippen molar-refractivity contribution in [2.45, 2.75) is 5.92 Å². The van der Waals surface area contributed by atoms with Crippen molar-refractivity contribution in [3.63, 3.8) is 0 Å². The van der Waals surface area contributed by atoms with Crippen LogP contribution in [0.1, 0.15) is 11.6 Å². The van der Waals surface area contributed by atoms with Gasteiger partial charge in [0.15, 0.2) is 0 Å². The lowest BCUT2D eigenvalue weighted by atomic mass is 9.89. The van der Waals surface area contributed by atoms with Crippen molar-refractivity contribution in [3.05, 3.63) is 53.9 Å². The van der Waals surface area contributed by atoms with Gasteiger partial charge in [0, 0.05) is 6.20 Å². The van der Waals surface area contributed by atoms with Crippen LogP contribution in [0, 0.1) is 11.3 Å². The lowest BCUT2D eigenvalue weighted by Gasteiger charge is -2.15. The average molecular weight is 211 g/mol. The molecule has 1 heterocycles. The molecular formula is C12H9N3O. The summed E-state index contributed by atoms with van der Waals surface area (Å²) in [5, 5.41) is 21.0. The van der Waals surface area contributed by atoms with Crippen LogP contribution in [0.5, 0.6) is 0 Å². The molecule has 1 aromatic heterocycles. The lowest BCUT2D eigenvalue weighted by Crippen LogP contribution is -2.16. The van der Waals surface area contributed by atoms with Crippen LogP contribution < -0.4 is 0 Å². The zero-order valence-electron chi connectivity index (χ0n) is 8.41. The first kappa shape index (κ1) is 10.1. The molecule has 1 atom stereocenters. The van der Waals surface area contributed by atoms with Gasteiger partial charge in [-0.2, -0.15) is 5.26 Å². The summed E-state index contributed by atoms with van der Waals surface area (Å²) in [6, 6.07) is 7.50. The van der Waals surface area contributed by atoms with Crippen LogP contribution in [-0.4, -0.2) is 15.9 Å². The number of hydrogen-bond acceptors (Lipinski definition) is 4. The highest BCUT2D eigenvalue weighted by Gasteiger charge is 2.23. The molecule has 1 aliphatic rings. The quantitative estimate of drug-likeness (QED) is 0.570. The van der Waals surface area contributed by atoms with Crippen molar-refractivity contribution in [1.82, 2.24) is 4.98 Å². The zero-order chi connectivity index (χ0) is 11.4. The summed E-state index contributed by atoms with van der Waals surface area (Å²) in [7, 11) is 0. The molecule has 0 radical (unpaired) electrons. The topological polar surface area (TPSA) is 69.3 Å². The molecule has 0 amide bonds. The zero-order valence-corrected chi connectivity index (χ0v) is 8.41. The summed E-state index contributed by atoms with van der Waals surface area (Å²) < 4.78 is 0. The molecule has 0 aromatic carbocycles. The maximum atomic E-state index is 8.96. The van der Waals surface area contributed by atoms with Gasteiger partial charge in [0.05, 0.1) is 17.2 Å². The van der Waals surface area contributed by atoms with Gasteiger partial charge in [0.1, 0.15) is 11.8 Å². The lowest BCUT2D eigenvalue weighted by molar-refractivity contribution is 0.317. The smallest absolute Gasteiger partial charge is 0.110 e. The summed E-state index contributed by atoms with van der Waals surface area (Å²) in [6.07, 6.45) is 6.90. The van der Waals surface area contributed by atoms with Gasteiger partial charge in [-0.25, -0.2) is 0 Å². The van der Waals surface area contributed by atoms with Gasteiger partial charge < -0.3 is 5.21 Å². The van der Waals surface area contributed by atoms with Gasteiger partial charge in [-0.1, -0.05) is 23.4 Å². The van der Waals surface area contributed by atoms with Crippen LogP contribution >= 0.6 is 0 Å². The number of nitriles is 1. The minimum Gasteiger partial charge on any atom is -0.411 e. The Morgan fingerprint density at radius 1 is 1.44 bits per heavy atom. The molecule has 78 valence electrons. The summed E-state index contributed by atoms with van der Waals surface area (Å²) in [5.74, 6) is -0.258. The standard InChI is InChI=1S/C12H9N3O/c13-8-9-4-3-5-10(12(9)15-16)11-6-1-2-7-14-11/h1-7,10,16H. The van der Waals surface area contributed by atoms with E-state index in [0.29, 0.717) is 11.3 Å². The molecule has 0 spiro atoms. The highest BCUT2D eigenvalue weighted by Crippen LogP contribution is 2.24. The number of nitrogens with zero attached hydrogens (tertiary/aromatic N) is 3. The van der Waals surface area contributed by atoms with Crippen molar-refractivity contribution < 1.29 is 5.21 Å². The molecule has 16 heavy (non-hydrogen) atoms. The number of aromatic nitrogens is 1. The third-order valence-electron chi connectivity index (χ3n) is 2.37. The molecule has 0 bridgehead atoms. The molecule has 2 rings (SSSR count). The van der Waals surface area contributed by atoms with E-state index in [9.17, 15) is 0 Å². The van der Waals surface area contributed by atoms with Crippen molar-refractivity contribution in [2.24, 2.45) is 5.16 Å². The Morgan fingerprint density at radius 2 is 2.31 bits per heavy atom. The van der Waals surface area contributed by atoms with E-state index in [-0.39, 0.29) is 5.92 Å². The third kappa shape index (κ3) is 1.71. The number of oxime groups is 1. The second-order valence-corrected chi connectivity index (χ2v) is 3.29. The predicted molar refractivity (Wildman–Crippen MR) is 59.0 cm³/mol. The first-order valence-corrected chi connectivity index (χ1v) is 4.78. The Labute approximate surface area is 92.9 Å². The molecule has 0 saturated heterocycles. The fourth-order valence-corrected chi connectivity index (χ4v) is 1.62. The highest BCUT2D eigenvalue weighted by atomic mass is 16.4. The van der Waals surface area contributed by atoms with Gasteiger partial charge in [-0.3, -0.25) is 4.98 Å². The van der Waals surface area contributed by atoms with Crippen molar-refractivity contribution >= 4 is 5.71 Å². The minimum atomic E-state index is -0.258. The molecule has 0 aliphatic heterocycles. The van der Waals surface area contributed by atoms with E-state index in [0.717, 1.165) is 5.69 Å². The van der Waals surface area contributed by atoms with Crippen LogP contribution in [-0.2, 0) is 0 Å². The summed E-state index contributed by atoms with van der Waals surface area (Å²) in [5.41, 5.74) is 1.46. The first-order valence-electron chi connectivity index (χ1n) is 4.78. The normalized spacial score (nSPS) is 21.6. The van der Waals surface area contributed by atoms with Crippen LogP contribution in [0.15, 0.2) is 53.4 Å². The van der Waals surface area contributed by atoms with E-state index in [1.165, 1.54) is 0 Å². The van der Waals surface area contributed by atoms with E-state index < -0.39 is 0 Å². The Bertz CT molecular complexity index is 509. The van der Waals surface area contributed by atoms with Crippen molar-refractivity contribution in [3.8, 4) is 6.07 Å². The largest absolute Gasteiger partial charge is 0.411 e. The van der Waals surface area contributed by atoms with Crippen LogP contribution in [0.2, 0.25) is 0 Å². The third-order valence-corrected chi connectivity index (χ3v) is 2.37. The first-order chi connectivity index (χ1) is 7.86. The van der Waals surface area contributed by atoms with Crippen molar-refractivity contribution in [1.29, 1.82) is 5.26 Å². The average Bonchev–Trinajstić information content (AvgIpc) is 2.38. The number of hydrogen-bond donors (Lipinski definition) is 1. The highest BCUT2D eigenvalue weighted by molar-refractivity contribution is 6.09. The molecule has 1 unspecified atom stereocenters. The van der Waals surface area contributed by atoms with Gasteiger partial charge >= 0.3 is 0 Å². The van der Waals surface area contributed by atoms with E-state index >= 15 is 0 Å². The number of rotatable bonds is 1. The second kappa shape index (κ2) is 4.41. The van der Waals surface area contributed by atoms with Gasteiger partial charge in [-0.15, -0.1) is 0 Å². The number of pyridine rings is 1. The van der Waals surface area contributed by atoms with Crippen LogP contribution in [0.25, 0.3) is 0 Å². The fraction of sp³-hybridized carbons (Fsp3) is 0.0833. The minimum absolute atomic E-state index is 0.258. The predicted octanol–water partition coefficient (Wildman–Crippen LogP) is 2.02. The monoisotopic (exact) mass is 211 g/mol. The van der Waals surface area contributed by atoms with E-state index in [1.807, 2.05) is 30.3 Å². The second-order valence-electron chi connectivity index (χ2n) is 3.29. The summed E-state index contributed by atoms with van der Waals surface area (Å²) >= 11 is 0. The van der Waals surface area contributed by atoms with Gasteiger partial charge in [-0.05, 0) is 18.2 Å². The summed E-state index contributed by atoms with van der Waals surface area (Å²) in [4.78, 5) is 4.19. The van der Waals surface area contributed by atoms with E-state index in [2.05, 4.69) is 10.1 Å². The maximum absolute atomic E-state index is 8.96. The van der Waals surface area contributed by atoms with Gasteiger partial charge in [0.25, 0.3) is 0 Å². The maximum Gasteiger partial charge on any atom is 0.110 e. The molecule has 4 heteroatoms. The molecule has 0 fully saturated rings. The SMILES string of the molecule is N#CC1=CC=CC(c2ccccn2)C1=NO. The molecule has 1 aromatic rings.